The normalized spacial score (nSPS) is 14.3. The predicted octanol–water partition coefficient (Wildman–Crippen LogP) is 2.16. The van der Waals surface area contributed by atoms with Gasteiger partial charge in [0.25, 0.3) is 0 Å². The van der Waals surface area contributed by atoms with Crippen LogP contribution >= 0.6 is 0 Å². The Morgan fingerprint density at radius 2 is 1.95 bits per heavy atom. The Morgan fingerprint density at radius 3 is 2.65 bits per heavy atom. The minimum Gasteiger partial charge on any atom is -0.486 e. The summed E-state index contributed by atoms with van der Waals surface area (Å²) < 4.78 is 11.2. The molecule has 1 aliphatic rings. The number of ether oxygens (including phenoxy) is 2. The topological polar surface area (TPSA) is 69.4 Å². The van der Waals surface area contributed by atoms with Gasteiger partial charge in [-0.05, 0) is 37.4 Å². The molecule has 1 aliphatic heterocycles. The van der Waals surface area contributed by atoms with Gasteiger partial charge in [0.15, 0.2) is 11.5 Å². The SMILES string of the molecule is CC(C)(N)CNc1nccc2cc3c(cc12)OCCO3. The molecule has 0 atom stereocenters. The zero-order valence-electron chi connectivity index (χ0n) is 11.8. The molecule has 106 valence electrons. The van der Waals surface area contributed by atoms with Gasteiger partial charge in [-0.1, -0.05) is 0 Å². The molecule has 20 heavy (non-hydrogen) atoms. The Kier molecular flexibility index (Phi) is 3.14. The van der Waals surface area contributed by atoms with Gasteiger partial charge in [0.1, 0.15) is 19.0 Å². The molecular weight excluding hydrogens is 254 g/mol. The van der Waals surface area contributed by atoms with Gasteiger partial charge in [0, 0.05) is 23.7 Å². The molecule has 0 bridgehead atoms. The molecule has 5 heteroatoms. The maximum Gasteiger partial charge on any atom is 0.162 e. The minimum atomic E-state index is -0.294. The Morgan fingerprint density at radius 1 is 1.25 bits per heavy atom. The molecule has 5 nitrogen and oxygen atoms in total. The van der Waals surface area contributed by atoms with Crippen LogP contribution in [0.4, 0.5) is 5.82 Å². The summed E-state index contributed by atoms with van der Waals surface area (Å²) in [5, 5.41) is 5.39. The number of aromatic nitrogens is 1. The molecular formula is C15H19N3O2. The molecule has 0 spiro atoms. The second-order valence-electron chi connectivity index (χ2n) is 5.72. The van der Waals surface area contributed by atoms with E-state index in [9.17, 15) is 0 Å². The summed E-state index contributed by atoms with van der Waals surface area (Å²) in [5.41, 5.74) is 5.71. The fourth-order valence-corrected chi connectivity index (χ4v) is 2.16. The first kappa shape index (κ1) is 13.0. The first-order valence-corrected chi connectivity index (χ1v) is 6.74. The third-order valence-corrected chi connectivity index (χ3v) is 3.14. The molecule has 2 aromatic rings. The predicted molar refractivity (Wildman–Crippen MR) is 79.5 cm³/mol. The highest BCUT2D eigenvalue weighted by atomic mass is 16.6. The standard InChI is InChI=1S/C15H19N3O2/c1-15(2,16)9-18-14-11-8-13-12(19-5-6-20-13)7-10(11)3-4-17-14/h3-4,7-8H,5-6,9,16H2,1-2H3,(H,17,18). The van der Waals surface area contributed by atoms with Crippen molar-refractivity contribution >= 4 is 16.6 Å². The van der Waals surface area contributed by atoms with E-state index in [2.05, 4.69) is 10.3 Å². The van der Waals surface area contributed by atoms with E-state index in [-0.39, 0.29) is 5.54 Å². The zero-order chi connectivity index (χ0) is 14.2. The van der Waals surface area contributed by atoms with Crippen LogP contribution in [0.3, 0.4) is 0 Å². The van der Waals surface area contributed by atoms with Crippen molar-refractivity contribution < 1.29 is 9.47 Å². The monoisotopic (exact) mass is 273 g/mol. The lowest BCUT2D eigenvalue weighted by molar-refractivity contribution is 0.172. The Bertz CT molecular complexity index is 635. The molecule has 0 aliphatic carbocycles. The van der Waals surface area contributed by atoms with Crippen LogP contribution in [0.25, 0.3) is 10.8 Å². The quantitative estimate of drug-likeness (QED) is 0.896. The van der Waals surface area contributed by atoms with Crippen molar-refractivity contribution in [3.05, 3.63) is 24.4 Å². The molecule has 0 fully saturated rings. The number of fused-ring (bicyclic) bond motifs is 2. The third-order valence-electron chi connectivity index (χ3n) is 3.14. The van der Waals surface area contributed by atoms with Gasteiger partial charge in [-0.2, -0.15) is 0 Å². The molecule has 1 aromatic carbocycles. The second-order valence-corrected chi connectivity index (χ2v) is 5.72. The number of nitrogens with two attached hydrogens (primary N) is 1. The van der Waals surface area contributed by atoms with Crippen molar-refractivity contribution in [2.75, 3.05) is 25.1 Å². The minimum absolute atomic E-state index is 0.294. The summed E-state index contributed by atoms with van der Waals surface area (Å²) in [6, 6.07) is 5.93. The number of anilines is 1. The number of hydrogen-bond donors (Lipinski definition) is 2. The van der Waals surface area contributed by atoms with E-state index < -0.39 is 0 Å². The Hall–Kier alpha value is -2.01. The highest BCUT2D eigenvalue weighted by Gasteiger charge is 2.16. The first-order valence-electron chi connectivity index (χ1n) is 6.74. The fraction of sp³-hybridized carbons (Fsp3) is 0.400. The highest BCUT2D eigenvalue weighted by molar-refractivity contribution is 5.94. The zero-order valence-corrected chi connectivity index (χ0v) is 11.8. The lowest BCUT2D eigenvalue weighted by atomic mass is 10.1. The van der Waals surface area contributed by atoms with Gasteiger partial charge in [-0.3, -0.25) is 0 Å². The summed E-state index contributed by atoms with van der Waals surface area (Å²) in [6.45, 7) is 5.77. The van der Waals surface area contributed by atoms with Crippen molar-refractivity contribution in [1.29, 1.82) is 0 Å². The smallest absolute Gasteiger partial charge is 0.162 e. The molecule has 3 rings (SSSR count). The fourth-order valence-electron chi connectivity index (χ4n) is 2.16. The third kappa shape index (κ3) is 2.63. The summed E-state index contributed by atoms with van der Waals surface area (Å²) in [4.78, 5) is 4.40. The summed E-state index contributed by atoms with van der Waals surface area (Å²) >= 11 is 0. The van der Waals surface area contributed by atoms with Gasteiger partial charge >= 0.3 is 0 Å². The van der Waals surface area contributed by atoms with Crippen LogP contribution in [0.15, 0.2) is 24.4 Å². The van der Waals surface area contributed by atoms with Crippen LogP contribution in [0.5, 0.6) is 11.5 Å². The highest BCUT2D eigenvalue weighted by Crippen LogP contribution is 2.36. The number of pyridine rings is 1. The number of nitrogens with one attached hydrogen (secondary N) is 1. The van der Waals surface area contributed by atoms with E-state index in [4.69, 9.17) is 15.2 Å². The van der Waals surface area contributed by atoms with Crippen LogP contribution in [-0.4, -0.2) is 30.3 Å². The molecule has 0 radical (unpaired) electrons. The molecule has 3 N–H and O–H groups in total. The maximum atomic E-state index is 6.00. The second kappa shape index (κ2) is 4.83. The van der Waals surface area contributed by atoms with E-state index in [0.717, 1.165) is 28.1 Å². The van der Waals surface area contributed by atoms with Crippen molar-refractivity contribution in [2.24, 2.45) is 5.73 Å². The maximum absolute atomic E-state index is 6.00. The van der Waals surface area contributed by atoms with Crippen molar-refractivity contribution in [1.82, 2.24) is 4.98 Å². The summed E-state index contributed by atoms with van der Waals surface area (Å²) in [5.74, 6) is 2.38. The van der Waals surface area contributed by atoms with Gasteiger partial charge in [0.05, 0.1) is 0 Å². The van der Waals surface area contributed by atoms with Gasteiger partial charge in [0.2, 0.25) is 0 Å². The average molecular weight is 273 g/mol. The van der Waals surface area contributed by atoms with Crippen LogP contribution in [0, 0.1) is 0 Å². The molecule has 0 saturated heterocycles. The Balaban J connectivity index is 2.00. The van der Waals surface area contributed by atoms with E-state index in [1.165, 1.54) is 0 Å². The first-order chi connectivity index (χ1) is 9.53. The molecule has 2 heterocycles. The van der Waals surface area contributed by atoms with Crippen molar-refractivity contribution in [3.63, 3.8) is 0 Å². The number of nitrogens with zero attached hydrogens (tertiary/aromatic N) is 1. The van der Waals surface area contributed by atoms with Crippen LogP contribution in [-0.2, 0) is 0 Å². The lowest BCUT2D eigenvalue weighted by Crippen LogP contribution is -2.39. The van der Waals surface area contributed by atoms with Crippen molar-refractivity contribution in [2.45, 2.75) is 19.4 Å². The van der Waals surface area contributed by atoms with E-state index in [1.54, 1.807) is 6.20 Å². The van der Waals surface area contributed by atoms with E-state index >= 15 is 0 Å². The van der Waals surface area contributed by atoms with Crippen LogP contribution < -0.4 is 20.5 Å². The van der Waals surface area contributed by atoms with Gasteiger partial charge in [-0.25, -0.2) is 4.98 Å². The number of hydrogen-bond acceptors (Lipinski definition) is 5. The summed E-state index contributed by atoms with van der Waals surface area (Å²) in [6.07, 6.45) is 1.78. The Labute approximate surface area is 118 Å². The molecule has 0 saturated carbocycles. The average Bonchev–Trinajstić information content (AvgIpc) is 2.42. The number of rotatable bonds is 3. The van der Waals surface area contributed by atoms with E-state index in [0.29, 0.717) is 19.8 Å². The largest absolute Gasteiger partial charge is 0.486 e. The van der Waals surface area contributed by atoms with Gasteiger partial charge in [-0.15, -0.1) is 0 Å². The molecule has 0 unspecified atom stereocenters. The molecule has 0 amide bonds. The van der Waals surface area contributed by atoms with Crippen LogP contribution in [0.1, 0.15) is 13.8 Å². The van der Waals surface area contributed by atoms with Gasteiger partial charge < -0.3 is 20.5 Å². The number of benzene rings is 1. The summed E-state index contributed by atoms with van der Waals surface area (Å²) in [7, 11) is 0. The molecule has 1 aromatic heterocycles. The van der Waals surface area contributed by atoms with Crippen LogP contribution in [0.2, 0.25) is 0 Å². The van der Waals surface area contributed by atoms with Crippen molar-refractivity contribution in [3.8, 4) is 11.5 Å². The van der Waals surface area contributed by atoms with E-state index in [1.807, 2.05) is 32.0 Å². The lowest BCUT2D eigenvalue weighted by Gasteiger charge is -2.21.